The summed E-state index contributed by atoms with van der Waals surface area (Å²) in [6.45, 7) is 10.1. The fourth-order valence-electron chi connectivity index (χ4n) is 3.95. The van der Waals surface area contributed by atoms with Crippen molar-refractivity contribution in [2.24, 2.45) is 5.41 Å². The number of rotatable bonds is 7. The zero-order valence-corrected chi connectivity index (χ0v) is 19.8. The molecular formula is C21H30BrN3O5. The summed E-state index contributed by atoms with van der Waals surface area (Å²) in [5.41, 5.74) is 0.900. The van der Waals surface area contributed by atoms with Gasteiger partial charge in [-0.05, 0) is 28.3 Å². The fourth-order valence-corrected chi connectivity index (χ4v) is 4.62. The summed E-state index contributed by atoms with van der Waals surface area (Å²) in [5.74, 6) is -0.261. The van der Waals surface area contributed by atoms with Crippen molar-refractivity contribution in [2.75, 3.05) is 26.9 Å². The van der Waals surface area contributed by atoms with Crippen LogP contribution in [0.2, 0.25) is 0 Å². The van der Waals surface area contributed by atoms with E-state index in [4.69, 9.17) is 14.2 Å². The minimum Gasteiger partial charge on any atom is -0.476 e. The van der Waals surface area contributed by atoms with E-state index in [9.17, 15) is 9.59 Å². The highest BCUT2D eigenvalue weighted by Crippen LogP contribution is 2.46. The molecular weight excluding hydrogens is 454 g/mol. The molecule has 0 bridgehead atoms. The first-order valence-electron chi connectivity index (χ1n) is 10.3. The first-order valence-corrected chi connectivity index (χ1v) is 11.1. The van der Waals surface area contributed by atoms with Gasteiger partial charge in [-0.1, -0.05) is 20.8 Å². The molecule has 2 atom stereocenters. The molecule has 0 spiro atoms. The number of aromatic nitrogens is 2. The Labute approximate surface area is 185 Å². The van der Waals surface area contributed by atoms with Crippen LogP contribution >= 0.6 is 15.9 Å². The Morgan fingerprint density at radius 2 is 2.07 bits per heavy atom. The van der Waals surface area contributed by atoms with Crippen molar-refractivity contribution in [3.8, 4) is 5.88 Å². The molecule has 166 valence electrons. The normalized spacial score (nSPS) is 21.1. The van der Waals surface area contributed by atoms with Gasteiger partial charge in [0, 0.05) is 32.8 Å². The first kappa shape index (κ1) is 22.8. The number of fused-ring (bicyclic) bond motifs is 3. The monoisotopic (exact) mass is 483 g/mol. The van der Waals surface area contributed by atoms with E-state index in [0.29, 0.717) is 25.6 Å². The maximum Gasteiger partial charge on any atom is 0.343 e. The predicted octanol–water partition coefficient (Wildman–Crippen LogP) is 3.25. The molecule has 0 fully saturated rings. The maximum atomic E-state index is 12.8. The zero-order valence-electron chi connectivity index (χ0n) is 18.2. The molecule has 0 saturated heterocycles. The molecule has 30 heavy (non-hydrogen) atoms. The summed E-state index contributed by atoms with van der Waals surface area (Å²) in [6.07, 6.45) is 2.63. The lowest BCUT2D eigenvalue weighted by Crippen LogP contribution is -2.52. The van der Waals surface area contributed by atoms with Gasteiger partial charge < -0.3 is 19.1 Å². The molecule has 0 aliphatic carbocycles. The van der Waals surface area contributed by atoms with Gasteiger partial charge in [0.15, 0.2) is 5.78 Å². The Hall–Kier alpha value is -1.87. The van der Waals surface area contributed by atoms with E-state index in [1.54, 1.807) is 20.2 Å². The fraction of sp³-hybridized carbons (Fsp3) is 0.667. The van der Waals surface area contributed by atoms with Crippen LogP contribution in [-0.4, -0.2) is 59.4 Å². The maximum absolute atomic E-state index is 12.8. The van der Waals surface area contributed by atoms with E-state index in [-0.39, 0.29) is 41.9 Å². The van der Waals surface area contributed by atoms with Gasteiger partial charge in [0.25, 0.3) is 0 Å². The molecule has 2 aliphatic rings. The highest BCUT2D eigenvalue weighted by atomic mass is 79.9. The summed E-state index contributed by atoms with van der Waals surface area (Å²) in [6, 6.07) is -0.187. The van der Waals surface area contributed by atoms with Gasteiger partial charge in [-0.25, -0.2) is 4.79 Å². The van der Waals surface area contributed by atoms with E-state index < -0.39 is 5.97 Å². The second-order valence-electron chi connectivity index (χ2n) is 8.62. The van der Waals surface area contributed by atoms with Gasteiger partial charge in [-0.2, -0.15) is 0 Å². The number of ether oxygens (including phenoxy) is 3. The Morgan fingerprint density at radius 1 is 1.33 bits per heavy atom. The smallest absolute Gasteiger partial charge is 0.343 e. The first-order chi connectivity index (χ1) is 14.2. The summed E-state index contributed by atoms with van der Waals surface area (Å²) >= 11 is 3.64. The van der Waals surface area contributed by atoms with Gasteiger partial charge >= 0.3 is 5.97 Å². The molecule has 2 aliphatic heterocycles. The molecule has 0 amide bonds. The van der Waals surface area contributed by atoms with Crippen LogP contribution < -0.4 is 4.74 Å². The van der Waals surface area contributed by atoms with Gasteiger partial charge in [0.05, 0.1) is 37.5 Å². The number of methoxy groups -OCH3 is 1. The third kappa shape index (κ3) is 4.42. The molecule has 1 unspecified atom stereocenters. The Bertz CT molecular complexity index is 842. The van der Waals surface area contributed by atoms with Crippen LogP contribution in [0.1, 0.15) is 52.3 Å². The number of esters is 1. The molecule has 0 N–H and O–H groups in total. The van der Waals surface area contributed by atoms with E-state index in [1.165, 1.54) is 0 Å². The number of nitrogens with zero attached hydrogens (tertiary/aromatic N) is 3. The third-order valence-corrected chi connectivity index (χ3v) is 6.21. The van der Waals surface area contributed by atoms with Crippen LogP contribution in [-0.2, 0) is 25.6 Å². The number of hydrogen-bond donors (Lipinski definition) is 0. The van der Waals surface area contributed by atoms with E-state index >= 15 is 0 Å². The number of Topliss-reactive ketones (excluding diaryl/α,β-unsaturated/α-hetero) is 1. The number of ketones is 1. The van der Waals surface area contributed by atoms with Crippen molar-refractivity contribution in [1.29, 1.82) is 0 Å². The second-order valence-corrected chi connectivity index (χ2v) is 9.41. The molecule has 8 nitrogen and oxygen atoms in total. The van der Waals surface area contributed by atoms with Crippen molar-refractivity contribution >= 4 is 27.7 Å². The van der Waals surface area contributed by atoms with Crippen LogP contribution in [0.4, 0.5) is 0 Å². The van der Waals surface area contributed by atoms with Crippen molar-refractivity contribution in [3.05, 3.63) is 21.9 Å². The average Bonchev–Trinajstić information content (AvgIpc) is 2.99. The highest BCUT2D eigenvalue weighted by molar-refractivity contribution is 9.10. The number of halogens is 1. The van der Waals surface area contributed by atoms with Crippen LogP contribution in [0.15, 0.2) is 16.2 Å². The van der Waals surface area contributed by atoms with E-state index in [1.807, 2.05) is 4.68 Å². The molecule has 0 saturated carbocycles. The van der Waals surface area contributed by atoms with Gasteiger partial charge in [0.1, 0.15) is 10.0 Å². The molecule has 1 aromatic rings. The Kier molecular flexibility index (Phi) is 6.91. The van der Waals surface area contributed by atoms with Crippen molar-refractivity contribution in [3.63, 3.8) is 0 Å². The van der Waals surface area contributed by atoms with Crippen molar-refractivity contribution in [2.45, 2.75) is 59.2 Å². The second kappa shape index (κ2) is 9.09. The summed E-state index contributed by atoms with van der Waals surface area (Å²) in [5, 5.41) is 4.67. The zero-order chi connectivity index (χ0) is 22.1. The van der Waals surface area contributed by atoms with Crippen molar-refractivity contribution in [1.82, 2.24) is 14.7 Å². The van der Waals surface area contributed by atoms with Crippen LogP contribution in [0.3, 0.4) is 0 Å². The van der Waals surface area contributed by atoms with Crippen LogP contribution in [0, 0.1) is 5.41 Å². The highest BCUT2D eigenvalue weighted by Gasteiger charge is 2.46. The molecule has 3 heterocycles. The van der Waals surface area contributed by atoms with Gasteiger partial charge in [0.2, 0.25) is 5.88 Å². The topological polar surface area (TPSA) is 82.9 Å². The predicted molar refractivity (Wildman–Crippen MR) is 114 cm³/mol. The molecule has 9 heteroatoms. The molecule has 0 aromatic carbocycles. The minimum absolute atomic E-state index is 0.0423. The number of hydrogen-bond acceptors (Lipinski definition) is 7. The molecule has 3 rings (SSSR count). The van der Waals surface area contributed by atoms with Crippen LogP contribution in [0.25, 0.3) is 0 Å². The van der Waals surface area contributed by atoms with Crippen molar-refractivity contribution < 1.29 is 23.8 Å². The third-order valence-electron chi connectivity index (χ3n) is 5.47. The van der Waals surface area contributed by atoms with Crippen LogP contribution in [0.5, 0.6) is 5.88 Å². The van der Waals surface area contributed by atoms with Gasteiger partial charge in [-0.15, -0.1) is 5.10 Å². The summed E-state index contributed by atoms with van der Waals surface area (Å²) in [4.78, 5) is 27.3. The lowest BCUT2D eigenvalue weighted by atomic mass is 9.81. The quantitative estimate of drug-likeness (QED) is 0.334. The lowest BCUT2D eigenvalue weighted by Gasteiger charge is -2.49. The molecule has 0 radical (unpaired) electrons. The summed E-state index contributed by atoms with van der Waals surface area (Å²) < 4.78 is 18.7. The largest absolute Gasteiger partial charge is 0.476 e. The summed E-state index contributed by atoms with van der Waals surface area (Å²) in [7, 11) is 1.66. The molecule has 1 aromatic heterocycles. The number of carbonyl (C=O) groups is 2. The van der Waals surface area contributed by atoms with Gasteiger partial charge in [-0.3, -0.25) is 9.48 Å². The van der Waals surface area contributed by atoms with E-state index in [0.717, 1.165) is 16.6 Å². The number of carbonyl (C=O) groups excluding carboxylic acids is 2. The Balaban J connectivity index is 1.98. The minimum atomic E-state index is -0.561. The van der Waals surface area contributed by atoms with E-state index in [2.05, 4.69) is 46.7 Å². The lowest BCUT2D eigenvalue weighted by molar-refractivity contribution is -0.141. The standard InChI is InChI=1S/C21H30BrN3O5/c1-6-29-20(27)13-11-24-14(10-15(13)26)18-17(22)19(30-9-7-8-28-5)23-25(18)12-16(24)21(2,3)4/h11,14,16H,6-10,12H2,1-5H3/t14?,16-/m0/s1. The Morgan fingerprint density at radius 3 is 2.70 bits per heavy atom. The SMILES string of the molecule is CCOC(=O)C1=CN2C(CC1=O)c1c(Br)c(OCCCOC)nn1C[C@H]2C(C)(C)C. The average molecular weight is 484 g/mol.